The number of aryl methyl sites for hydroxylation is 1. The minimum atomic E-state index is -0.833. The molecule has 0 fully saturated rings. The van der Waals surface area contributed by atoms with Crippen molar-refractivity contribution in [3.05, 3.63) is 35.3 Å². The number of carboxylic acid groups (broad SMARTS) is 1. The number of thiocarbonyl (C=S) groups is 1. The van der Waals surface area contributed by atoms with Crippen LogP contribution in [0.3, 0.4) is 0 Å². The van der Waals surface area contributed by atoms with Gasteiger partial charge in [0.25, 0.3) is 0 Å². The van der Waals surface area contributed by atoms with E-state index in [4.69, 9.17) is 23.1 Å². The normalized spacial score (nSPS) is 10.3. The summed E-state index contributed by atoms with van der Waals surface area (Å²) < 4.78 is 1.75. The summed E-state index contributed by atoms with van der Waals surface area (Å²) in [5.74, 6) is -0.833. The fourth-order valence-electron chi connectivity index (χ4n) is 1.77. The topological polar surface area (TPSA) is 80.3 Å². The molecule has 4 N–H and O–H groups in total. The number of hydrogen-bond acceptors (Lipinski definition) is 3. The molecule has 2 rings (SSSR count). The molecule has 0 atom stereocenters. The van der Waals surface area contributed by atoms with Crippen LogP contribution in [-0.2, 0) is 11.2 Å². The monoisotopic (exact) mass is 295 g/mol. The summed E-state index contributed by atoms with van der Waals surface area (Å²) in [7, 11) is 0. The van der Waals surface area contributed by atoms with Crippen molar-refractivity contribution in [2.75, 3.05) is 5.43 Å². The highest BCUT2D eigenvalue weighted by atomic mass is 32.1. The molecule has 2 aromatic rings. The van der Waals surface area contributed by atoms with Crippen LogP contribution in [-0.4, -0.2) is 20.9 Å². The van der Waals surface area contributed by atoms with Gasteiger partial charge in [0.1, 0.15) is 0 Å². The van der Waals surface area contributed by atoms with Crippen LogP contribution in [0.2, 0.25) is 0 Å². The maximum absolute atomic E-state index is 10.7. The van der Waals surface area contributed by atoms with E-state index in [1.807, 2.05) is 29.6 Å². The second-order valence-corrected chi connectivity index (χ2v) is 5.28. The highest BCUT2D eigenvalue weighted by Crippen LogP contribution is 2.26. The standard InChI is InChI=1S/C12H13N3O2S2/c13-12(18)14-15-8(4-6-11(16)17)3-5-9(15)10-2-1-7-19-10/h1-3,5,7H,4,6H2,(H,16,17)(H3,13,14,18). The molecule has 2 heterocycles. The Morgan fingerprint density at radius 3 is 2.84 bits per heavy atom. The van der Waals surface area contributed by atoms with Crippen LogP contribution in [0.5, 0.6) is 0 Å². The smallest absolute Gasteiger partial charge is 0.303 e. The molecular weight excluding hydrogens is 282 g/mol. The fraction of sp³-hybridized carbons (Fsp3) is 0.167. The summed E-state index contributed by atoms with van der Waals surface area (Å²) in [5, 5.41) is 10.9. The van der Waals surface area contributed by atoms with Gasteiger partial charge in [-0.2, -0.15) is 0 Å². The maximum atomic E-state index is 10.7. The van der Waals surface area contributed by atoms with Crippen molar-refractivity contribution in [2.24, 2.45) is 5.73 Å². The number of carboxylic acids is 1. The number of nitrogens with two attached hydrogens (primary N) is 1. The number of carbonyl (C=O) groups is 1. The number of rotatable bonds is 5. The van der Waals surface area contributed by atoms with Gasteiger partial charge in [0.05, 0.1) is 17.0 Å². The fourth-order valence-corrected chi connectivity index (χ4v) is 2.60. The van der Waals surface area contributed by atoms with Gasteiger partial charge in [-0.15, -0.1) is 11.3 Å². The summed E-state index contributed by atoms with van der Waals surface area (Å²) in [6, 6.07) is 7.74. The van der Waals surface area contributed by atoms with Crippen molar-refractivity contribution >= 4 is 34.6 Å². The van der Waals surface area contributed by atoms with Crippen LogP contribution in [0.4, 0.5) is 0 Å². The summed E-state index contributed by atoms with van der Waals surface area (Å²) in [4.78, 5) is 11.7. The van der Waals surface area contributed by atoms with Gasteiger partial charge in [0, 0.05) is 12.1 Å². The van der Waals surface area contributed by atoms with Crippen LogP contribution < -0.4 is 11.2 Å². The molecule has 0 aliphatic heterocycles. The minimum Gasteiger partial charge on any atom is -0.481 e. The molecule has 2 aromatic heterocycles. The van der Waals surface area contributed by atoms with Gasteiger partial charge in [0.15, 0.2) is 5.11 Å². The van der Waals surface area contributed by atoms with Crippen molar-refractivity contribution in [1.82, 2.24) is 4.68 Å². The first-order valence-electron chi connectivity index (χ1n) is 5.60. The molecule has 5 nitrogen and oxygen atoms in total. The van der Waals surface area contributed by atoms with E-state index in [2.05, 4.69) is 5.43 Å². The Bertz CT molecular complexity index is 590. The van der Waals surface area contributed by atoms with E-state index >= 15 is 0 Å². The molecule has 0 aliphatic carbocycles. The zero-order valence-corrected chi connectivity index (χ0v) is 11.6. The lowest BCUT2D eigenvalue weighted by Crippen LogP contribution is -2.29. The summed E-state index contributed by atoms with van der Waals surface area (Å²) in [6.45, 7) is 0. The lowest BCUT2D eigenvalue weighted by molar-refractivity contribution is -0.136. The summed E-state index contributed by atoms with van der Waals surface area (Å²) in [5.41, 5.74) is 10.1. The Morgan fingerprint density at radius 2 is 2.26 bits per heavy atom. The van der Waals surface area contributed by atoms with Crippen LogP contribution in [0.15, 0.2) is 29.6 Å². The predicted octanol–water partition coefficient (Wildman–Crippen LogP) is 2.02. The van der Waals surface area contributed by atoms with Crippen molar-refractivity contribution in [3.8, 4) is 10.6 Å². The van der Waals surface area contributed by atoms with Gasteiger partial charge in [-0.25, -0.2) is 0 Å². The zero-order valence-electron chi connectivity index (χ0n) is 10.00. The summed E-state index contributed by atoms with van der Waals surface area (Å²) in [6.07, 6.45) is 0.475. The van der Waals surface area contributed by atoms with Gasteiger partial charge in [-0.1, -0.05) is 6.07 Å². The first-order chi connectivity index (χ1) is 9.08. The predicted molar refractivity (Wildman–Crippen MR) is 79.8 cm³/mol. The molecule has 0 saturated heterocycles. The Hall–Kier alpha value is -1.86. The van der Waals surface area contributed by atoms with Gasteiger partial charge in [-0.3, -0.25) is 14.9 Å². The average Bonchev–Trinajstić information content (AvgIpc) is 2.94. The molecular formula is C12H13N3O2S2. The highest BCUT2D eigenvalue weighted by Gasteiger charge is 2.12. The van der Waals surface area contributed by atoms with Gasteiger partial charge >= 0.3 is 5.97 Å². The SMILES string of the molecule is NC(=S)Nn1c(CCC(=O)O)ccc1-c1cccs1. The zero-order chi connectivity index (χ0) is 13.8. The molecule has 0 aromatic carbocycles. The maximum Gasteiger partial charge on any atom is 0.303 e. The third-order valence-corrected chi connectivity index (χ3v) is 3.54. The van der Waals surface area contributed by atoms with E-state index < -0.39 is 5.97 Å². The van der Waals surface area contributed by atoms with Crippen molar-refractivity contribution in [2.45, 2.75) is 12.8 Å². The Labute approximate surface area is 119 Å². The van der Waals surface area contributed by atoms with Crippen molar-refractivity contribution in [1.29, 1.82) is 0 Å². The quantitative estimate of drug-likeness (QED) is 0.735. The van der Waals surface area contributed by atoms with Crippen molar-refractivity contribution < 1.29 is 9.90 Å². The van der Waals surface area contributed by atoms with E-state index in [-0.39, 0.29) is 11.5 Å². The first kappa shape index (κ1) is 13.6. The van der Waals surface area contributed by atoms with E-state index in [0.29, 0.717) is 6.42 Å². The number of aliphatic carboxylic acids is 1. The molecule has 100 valence electrons. The van der Waals surface area contributed by atoms with Crippen molar-refractivity contribution in [3.63, 3.8) is 0 Å². The Balaban J connectivity index is 2.33. The molecule has 0 aliphatic rings. The lowest BCUT2D eigenvalue weighted by Gasteiger charge is -2.13. The third-order valence-electron chi connectivity index (χ3n) is 2.55. The van der Waals surface area contributed by atoms with E-state index in [1.54, 1.807) is 16.0 Å². The average molecular weight is 295 g/mol. The lowest BCUT2D eigenvalue weighted by atomic mass is 10.2. The molecule has 7 heteroatoms. The molecule has 0 bridgehead atoms. The first-order valence-corrected chi connectivity index (χ1v) is 6.89. The highest BCUT2D eigenvalue weighted by molar-refractivity contribution is 7.80. The molecule has 0 spiro atoms. The second kappa shape index (κ2) is 5.85. The minimum absolute atomic E-state index is 0.0624. The number of nitrogens with zero attached hydrogens (tertiary/aromatic N) is 1. The number of hydrogen-bond donors (Lipinski definition) is 3. The second-order valence-electron chi connectivity index (χ2n) is 3.89. The van der Waals surface area contributed by atoms with E-state index in [9.17, 15) is 4.79 Å². The molecule has 0 radical (unpaired) electrons. The van der Waals surface area contributed by atoms with Crippen LogP contribution in [0, 0.1) is 0 Å². The van der Waals surface area contributed by atoms with Gasteiger partial charge in [0.2, 0.25) is 0 Å². The number of aromatic nitrogens is 1. The summed E-state index contributed by atoms with van der Waals surface area (Å²) >= 11 is 6.45. The Morgan fingerprint density at radius 1 is 1.47 bits per heavy atom. The molecule has 0 amide bonds. The van der Waals surface area contributed by atoms with Crippen LogP contribution in [0.1, 0.15) is 12.1 Å². The van der Waals surface area contributed by atoms with Gasteiger partial charge < -0.3 is 10.8 Å². The van der Waals surface area contributed by atoms with E-state index in [0.717, 1.165) is 16.3 Å². The third kappa shape index (κ3) is 3.33. The number of thiophene rings is 1. The number of nitrogens with one attached hydrogen (secondary N) is 1. The van der Waals surface area contributed by atoms with Crippen LogP contribution in [0.25, 0.3) is 10.6 Å². The largest absolute Gasteiger partial charge is 0.481 e. The van der Waals surface area contributed by atoms with E-state index in [1.165, 1.54) is 0 Å². The molecule has 0 saturated carbocycles. The van der Waals surface area contributed by atoms with Gasteiger partial charge in [-0.05, 0) is 35.8 Å². The Kier molecular flexibility index (Phi) is 4.18. The van der Waals surface area contributed by atoms with Crippen LogP contribution >= 0.6 is 23.6 Å². The molecule has 19 heavy (non-hydrogen) atoms. The molecule has 0 unspecified atom stereocenters.